The summed E-state index contributed by atoms with van der Waals surface area (Å²) in [5, 5.41) is 2.12. The van der Waals surface area contributed by atoms with Gasteiger partial charge in [-0.25, -0.2) is 0 Å². The van der Waals surface area contributed by atoms with E-state index < -0.39 is 0 Å². The number of hydrogen-bond donors (Lipinski definition) is 0. The molecule has 1 aromatic heterocycles. The Labute approximate surface area is 77.2 Å². The molecule has 0 saturated carbocycles. The van der Waals surface area contributed by atoms with Gasteiger partial charge < -0.3 is 0 Å². The van der Waals surface area contributed by atoms with E-state index in [0.29, 0.717) is 0 Å². The van der Waals surface area contributed by atoms with Crippen LogP contribution in [0.4, 0.5) is 0 Å². The lowest BCUT2D eigenvalue weighted by Crippen LogP contribution is -1.76. The highest BCUT2D eigenvalue weighted by molar-refractivity contribution is 7.11. The van der Waals surface area contributed by atoms with Gasteiger partial charge in [0.15, 0.2) is 0 Å². The summed E-state index contributed by atoms with van der Waals surface area (Å²) in [6, 6.07) is 4.26. The van der Waals surface area contributed by atoms with Crippen molar-refractivity contribution in [2.75, 3.05) is 0 Å². The molecule has 0 unspecified atom stereocenters. The van der Waals surface area contributed by atoms with Gasteiger partial charge in [0.2, 0.25) is 0 Å². The summed E-state index contributed by atoms with van der Waals surface area (Å²) in [4.78, 5) is 1.37. The van der Waals surface area contributed by atoms with Crippen LogP contribution in [0.25, 0.3) is 5.57 Å². The minimum Gasteiger partial charge on any atom is -0.144 e. The third-order valence-corrected chi connectivity index (χ3v) is 3.09. The first-order valence-electron chi connectivity index (χ1n) is 4.05. The molecule has 0 nitrogen and oxygen atoms in total. The molecule has 1 radical (unpaired) electrons. The molecule has 1 heterocycles. The van der Waals surface area contributed by atoms with E-state index in [-0.39, 0.29) is 0 Å². The van der Waals surface area contributed by atoms with Crippen molar-refractivity contribution < 1.29 is 0 Å². The zero-order valence-electron chi connectivity index (χ0n) is 7.29. The Morgan fingerprint density at radius 2 is 2.00 bits per heavy atom. The molecule has 0 N–H and O–H groups in total. The maximum atomic E-state index is 2.25. The summed E-state index contributed by atoms with van der Waals surface area (Å²) in [5.41, 5.74) is 4.14. The Balaban J connectivity index is 2.28. The summed E-state index contributed by atoms with van der Waals surface area (Å²) in [7, 11) is 0. The zero-order chi connectivity index (χ0) is 8.55. The first-order chi connectivity index (χ1) is 5.77. The van der Waals surface area contributed by atoms with Crippen LogP contribution < -0.4 is 0 Å². The zero-order valence-corrected chi connectivity index (χ0v) is 8.11. The van der Waals surface area contributed by atoms with Crippen molar-refractivity contribution in [2.24, 2.45) is 0 Å². The molecule has 0 aromatic carbocycles. The van der Waals surface area contributed by atoms with Gasteiger partial charge in [-0.2, -0.15) is 0 Å². The number of hydrogen-bond acceptors (Lipinski definition) is 1. The SMILES string of the molecule is CC1=C(C)C=C(c2cccs2)[CH]1. The second-order valence-corrected chi connectivity index (χ2v) is 4.04. The molecule has 0 amide bonds. The molecular weight excluding hydrogens is 164 g/mol. The molecule has 0 aliphatic heterocycles. The average molecular weight is 175 g/mol. The highest BCUT2D eigenvalue weighted by atomic mass is 32.1. The normalized spacial score (nSPS) is 17.0. The lowest BCUT2D eigenvalue weighted by Gasteiger charge is -1.95. The minimum atomic E-state index is 1.36. The number of rotatable bonds is 1. The summed E-state index contributed by atoms with van der Waals surface area (Å²) in [5.74, 6) is 0. The van der Waals surface area contributed by atoms with Crippen LogP contribution in [0.5, 0.6) is 0 Å². The van der Waals surface area contributed by atoms with Crippen LogP contribution in [0, 0.1) is 6.42 Å². The van der Waals surface area contributed by atoms with Gasteiger partial charge in [-0.15, -0.1) is 11.3 Å². The summed E-state index contributed by atoms with van der Waals surface area (Å²) in [6.07, 6.45) is 4.50. The molecule has 2 rings (SSSR count). The number of thiophene rings is 1. The second kappa shape index (κ2) is 2.91. The van der Waals surface area contributed by atoms with E-state index in [1.807, 2.05) is 0 Å². The molecule has 61 valence electrons. The van der Waals surface area contributed by atoms with E-state index in [1.54, 1.807) is 11.3 Å². The summed E-state index contributed by atoms with van der Waals surface area (Å²) in [6.45, 7) is 4.32. The van der Waals surface area contributed by atoms with Crippen LogP contribution in [-0.4, -0.2) is 0 Å². The summed E-state index contributed by atoms with van der Waals surface area (Å²) >= 11 is 1.80. The molecule has 0 fully saturated rings. The predicted molar refractivity (Wildman–Crippen MR) is 55.0 cm³/mol. The fourth-order valence-electron chi connectivity index (χ4n) is 1.32. The third kappa shape index (κ3) is 1.25. The van der Waals surface area contributed by atoms with Crippen molar-refractivity contribution in [1.29, 1.82) is 0 Å². The van der Waals surface area contributed by atoms with E-state index in [0.717, 1.165) is 0 Å². The van der Waals surface area contributed by atoms with E-state index in [2.05, 4.69) is 43.9 Å². The Morgan fingerprint density at radius 3 is 2.50 bits per heavy atom. The van der Waals surface area contributed by atoms with Crippen molar-refractivity contribution in [3.8, 4) is 0 Å². The maximum absolute atomic E-state index is 2.25. The third-order valence-electron chi connectivity index (χ3n) is 2.17. The van der Waals surface area contributed by atoms with E-state index in [1.165, 1.54) is 21.6 Å². The van der Waals surface area contributed by atoms with Crippen LogP contribution in [0.1, 0.15) is 18.7 Å². The minimum absolute atomic E-state index is 1.36. The van der Waals surface area contributed by atoms with Crippen molar-refractivity contribution in [1.82, 2.24) is 0 Å². The molecule has 0 saturated heterocycles. The van der Waals surface area contributed by atoms with Crippen LogP contribution in [0.2, 0.25) is 0 Å². The van der Waals surface area contributed by atoms with Crippen molar-refractivity contribution in [3.05, 3.63) is 46.0 Å². The van der Waals surface area contributed by atoms with Crippen LogP contribution in [-0.2, 0) is 0 Å². The lowest BCUT2D eigenvalue weighted by atomic mass is 10.1. The molecule has 1 aliphatic carbocycles. The Bertz CT molecular complexity index is 339. The first-order valence-corrected chi connectivity index (χ1v) is 4.93. The molecule has 1 heteroatoms. The molecule has 12 heavy (non-hydrogen) atoms. The predicted octanol–water partition coefficient (Wildman–Crippen LogP) is 3.69. The number of allylic oxidation sites excluding steroid dienone is 4. The highest BCUT2D eigenvalue weighted by Gasteiger charge is 2.11. The van der Waals surface area contributed by atoms with Gasteiger partial charge >= 0.3 is 0 Å². The van der Waals surface area contributed by atoms with Crippen molar-refractivity contribution in [2.45, 2.75) is 13.8 Å². The van der Waals surface area contributed by atoms with Gasteiger partial charge in [0.25, 0.3) is 0 Å². The Hall–Kier alpha value is -0.820. The second-order valence-electron chi connectivity index (χ2n) is 3.09. The van der Waals surface area contributed by atoms with E-state index in [9.17, 15) is 0 Å². The average Bonchev–Trinajstić information content (AvgIpc) is 2.61. The monoisotopic (exact) mass is 175 g/mol. The van der Waals surface area contributed by atoms with Gasteiger partial charge in [-0.1, -0.05) is 23.3 Å². The van der Waals surface area contributed by atoms with Gasteiger partial charge in [-0.05, 0) is 30.9 Å². The van der Waals surface area contributed by atoms with Gasteiger partial charge in [-0.3, -0.25) is 0 Å². The van der Waals surface area contributed by atoms with Crippen molar-refractivity contribution in [3.63, 3.8) is 0 Å². The molecule has 0 spiro atoms. The van der Waals surface area contributed by atoms with Crippen LogP contribution in [0.15, 0.2) is 34.7 Å². The van der Waals surface area contributed by atoms with E-state index in [4.69, 9.17) is 0 Å². The highest BCUT2D eigenvalue weighted by Crippen LogP contribution is 2.32. The van der Waals surface area contributed by atoms with Crippen LogP contribution in [0.3, 0.4) is 0 Å². The smallest absolute Gasteiger partial charge is 0.0308 e. The molecule has 1 aliphatic rings. The van der Waals surface area contributed by atoms with Gasteiger partial charge in [0.05, 0.1) is 0 Å². The fraction of sp³-hybridized carbons (Fsp3) is 0.182. The molecule has 0 atom stereocenters. The molecular formula is C11H11S. The Kier molecular flexibility index (Phi) is 1.89. The van der Waals surface area contributed by atoms with E-state index >= 15 is 0 Å². The first kappa shape index (κ1) is 7.81. The van der Waals surface area contributed by atoms with Crippen LogP contribution >= 0.6 is 11.3 Å². The largest absolute Gasteiger partial charge is 0.144 e. The van der Waals surface area contributed by atoms with Crippen molar-refractivity contribution >= 4 is 16.9 Å². The summed E-state index contributed by atoms with van der Waals surface area (Å²) < 4.78 is 0. The quantitative estimate of drug-likeness (QED) is 0.610. The standard InChI is InChI=1S/C11H11S/c1-8-6-10(7-9(8)2)11-4-3-5-12-11/h3-7H,1-2H3. The lowest BCUT2D eigenvalue weighted by molar-refractivity contribution is 1.39. The maximum Gasteiger partial charge on any atom is 0.0308 e. The fourth-order valence-corrected chi connectivity index (χ4v) is 2.04. The van der Waals surface area contributed by atoms with Gasteiger partial charge in [0, 0.05) is 11.3 Å². The molecule has 0 bridgehead atoms. The Morgan fingerprint density at radius 1 is 1.17 bits per heavy atom. The topological polar surface area (TPSA) is 0 Å². The molecule has 1 aromatic rings. The van der Waals surface area contributed by atoms with Gasteiger partial charge in [0.1, 0.15) is 0 Å².